The second-order valence-electron chi connectivity index (χ2n) is 21.1. The molecule has 3 aliphatic rings. The Kier molecular flexibility index (Phi) is 16.7. The van der Waals surface area contributed by atoms with Crippen LogP contribution < -0.4 is 27.0 Å². The molecule has 0 bridgehead atoms. The molecule has 3 aromatic carbocycles. The molecule has 5 amide bonds. The van der Waals surface area contributed by atoms with E-state index in [1.807, 2.05) is 75.4 Å². The Balaban J connectivity index is 1.26. The van der Waals surface area contributed by atoms with Gasteiger partial charge in [-0.3, -0.25) is 24.0 Å². The number of alkyl carbamates (subject to hydrolysis) is 1. The summed E-state index contributed by atoms with van der Waals surface area (Å²) >= 11 is 1.13. The Labute approximate surface area is 406 Å². The van der Waals surface area contributed by atoms with E-state index in [-0.39, 0.29) is 42.0 Å². The van der Waals surface area contributed by atoms with Crippen LogP contribution in [0.2, 0.25) is 0 Å². The molecular formula is C53H72N6O8S. The van der Waals surface area contributed by atoms with E-state index >= 15 is 0 Å². The Bertz CT molecular complexity index is 2310. The lowest BCUT2D eigenvalue weighted by Gasteiger charge is -2.35. The topological polar surface area (TPSA) is 198 Å². The quantitative estimate of drug-likeness (QED) is 0.102. The van der Waals surface area contributed by atoms with Crippen molar-refractivity contribution in [2.45, 2.75) is 159 Å². The van der Waals surface area contributed by atoms with Crippen LogP contribution in [0.5, 0.6) is 0 Å². The van der Waals surface area contributed by atoms with Crippen LogP contribution in [0.15, 0.2) is 72.8 Å². The van der Waals surface area contributed by atoms with Crippen molar-refractivity contribution in [3.8, 4) is 0 Å². The van der Waals surface area contributed by atoms with Crippen LogP contribution in [-0.4, -0.2) is 94.5 Å². The van der Waals surface area contributed by atoms with Crippen LogP contribution in [0.3, 0.4) is 0 Å². The molecule has 6 N–H and O–H groups in total. The number of methoxy groups -OCH3 is 1. The maximum Gasteiger partial charge on any atom is 0.408 e. The third-order valence-corrected chi connectivity index (χ3v) is 14.7. The van der Waals surface area contributed by atoms with Gasteiger partial charge in [-0.15, -0.1) is 11.8 Å². The maximum absolute atomic E-state index is 14.5. The summed E-state index contributed by atoms with van der Waals surface area (Å²) in [5.74, 6) is -2.25. The van der Waals surface area contributed by atoms with Crippen LogP contribution in [0.1, 0.15) is 139 Å². The smallest absolute Gasteiger partial charge is 0.408 e. The molecule has 1 saturated heterocycles. The van der Waals surface area contributed by atoms with Gasteiger partial charge >= 0.3 is 12.1 Å². The van der Waals surface area contributed by atoms with Crippen LogP contribution in [0.25, 0.3) is 0 Å². The number of hydrogen-bond donors (Lipinski definition) is 5. The van der Waals surface area contributed by atoms with Crippen LogP contribution >= 0.6 is 11.8 Å². The number of ether oxygens (including phenoxy) is 2. The first-order valence-corrected chi connectivity index (χ1v) is 24.9. The van der Waals surface area contributed by atoms with Crippen LogP contribution in [0, 0.1) is 5.41 Å². The highest BCUT2D eigenvalue weighted by molar-refractivity contribution is 8.01. The summed E-state index contributed by atoms with van der Waals surface area (Å²) in [5, 5.41) is 12.2. The number of benzene rings is 3. The number of nitrogens with zero attached hydrogens (tertiary/aromatic N) is 1. The van der Waals surface area contributed by atoms with Crippen molar-refractivity contribution in [2.24, 2.45) is 11.1 Å². The molecule has 7 atom stereocenters. The summed E-state index contributed by atoms with van der Waals surface area (Å²) < 4.78 is 9.34. The molecule has 368 valence electrons. The predicted octanol–water partition coefficient (Wildman–Crippen LogP) is 6.74. The Morgan fingerprint density at radius 2 is 1.34 bits per heavy atom. The van der Waals surface area contributed by atoms with Gasteiger partial charge in [0.1, 0.15) is 23.7 Å². The number of rotatable bonds is 15. The number of carbonyl (C=O) groups is 6. The van der Waals surface area contributed by atoms with Gasteiger partial charge in [-0.2, -0.15) is 0 Å². The monoisotopic (exact) mass is 953 g/mol. The normalized spacial score (nSPS) is 20.6. The zero-order valence-corrected chi connectivity index (χ0v) is 42.1. The van der Waals surface area contributed by atoms with Crippen LogP contribution in [0.4, 0.5) is 4.79 Å². The van der Waals surface area contributed by atoms with Crippen molar-refractivity contribution < 1.29 is 38.2 Å². The molecule has 1 aliphatic heterocycles. The minimum Gasteiger partial charge on any atom is -0.468 e. The molecule has 0 spiro atoms. The van der Waals surface area contributed by atoms with E-state index in [0.717, 1.165) is 78.1 Å². The number of nitrogens with two attached hydrogens (primary N) is 1. The molecule has 15 heteroatoms. The van der Waals surface area contributed by atoms with Gasteiger partial charge < -0.3 is 41.4 Å². The average molecular weight is 953 g/mol. The van der Waals surface area contributed by atoms with Gasteiger partial charge in [0.25, 0.3) is 0 Å². The maximum atomic E-state index is 14.5. The summed E-state index contributed by atoms with van der Waals surface area (Å²) in [5.41, 5.74) is 11.4. The summed E-state index contributed by atoms with van der Waals surface area (Å²) in [6, 6.07) is 19.7. The van der Waals surface area contributed by atoms with E-state index in [4.69, 9.17) is 15.2 Å². The van der Waals surface area contributed by atoms with Gasteiger partial charge in [0.05, 0.1) is 31.0 Å². The molecule has 3 aromatic rings. The SMILES string of the molecule is COC(=O)CSC(C)(C)C(NC(=O)OC(C)(C)C)C(=O)N[C@@H](Cc1ccc([C@H]2CC(C(=O)N[C@@H]3CCCc4ccccc43)N(C(=O)[C@@H](N)C(C)(C)C)C2)cc1)C(=O)NC1CCCc2ccccc21. The van der Waals surface area contributed by atoms with Gasteiger partial charge in [0.2, 0.25) is 23.6 Å². The third-order valence-electron chi connectivity index (χ3n) is 13.4. The molecule has 68 heavy (non-hydrogen) atoms. The summed E-state index contributed by atoms with van der Waals surface area (Å²) in [6.07, 6.45) is 4.93. The molecule has 1 heterocycles. The number of carbonyl (C=O) groups excluding carboxylic acids is 6. The highest BCUT2D eigenvalue weighted by Crippen LogP contribution is 2.37. The molecule has 0 aromatic heterocycles. The average Bonchev–Trinajstić information content (AvgIpc) is 3.75. The van der Waals surface area contributed by atoms with E-state index in [1.165, 1.54) is 12.7 Å². The summed E-state index contributed by atoms with van der Waals surface area (Å²) in [7, 11) is 1.28. The number of likely N-dealkylation sites (tertiary alicyclic amines) is 1. The summed E-state index contributed by atoms with van der Waals surface area (Å²) in [4.78, 5) is 84.6. The van der Waals surface area contributed by atoms with Gasteiger partial charge in [0, 0.05) is 23.6 Å². The van der Waals surface area contributed by atoms with Crippen molar-refractivity contribution in [2.75, 3.05) is 19.4 Å². The standard InChI is InChI=1S/C53H72N6O8S/c1-51(2,3)44(54)49(64)59-30-36(29-42(59)47(62)56-40-23-15-19-35-17-11-13-21-38(35)40)33-26-24-32(25-27-33)28-41(46(61)55-39-22-14-18-34-16-10-12-20-37(34)39)57-48(63)45(58-50(65)67-52(4,5)6)53(7,8)68-31-43(60)66-9/h10-13,16-17,20-21,24-27,36,39-42,44-45H,14-15,18-19,22-23,28-31,54H2,1-9H3,(H,55,61)(H,56,62)(H,57,63)(H,58,65)/t36-,39?,40+,41-,42?,44+,45?/m0/s1. The number of amides is 5. The molecule has 1 fully saturated rings. The molecule has 0 radical (unpaired) electrons. The lowest BCUT2D eigenvalue weighted by atomic mass is 9.86. The van der Waals surface area contributed by atoms with Gasteiger partial charge in [-0.25, -0.2) is 4.79 Å². The second-order valence-corrected chi connectivity index (χ2v) is 22.8. The lowest BCUT2D eigenvalue weighted by molar-refractivity contribution is -0.141. The Morgan fingerprint density at radius 3 is 1.90 bits per heavy atom. The first kappa shape index (κ1) is 52.0. The minimum absolute atomic E-state index is 0.0859. The van der Waals surface area contributed by atoms with Gasteiger partial charge in [-0.05, 0) is 118 Å². The van der Waals surface area contributed by atoms with E-state index in [9.17, 15) is 28.8 Å². The predicted molar refractivity (Wildman–Crippen MR) is 265 cm³/mol. The zero-order valence-electron chi connectivity index (χ0n) is 41.2. The highest BCUT2D eigenvalue weighted by atomic mass is 32.2. The van der Waals surface area contributed by atoms with Crippen molar-refractivity contribution >= 4 is 47.5 Å². The summed E-state index contributed by atoms with van der Waals surface area (Å²) in [6.45, 7) is 14.7. The Hall–Kier alpha value is -5.41. The van der Waals surface area contributed by atoms with Crippen molar-refractivity contribution in [1.82, 2.24) is 26.2 Å². The molecule has 2 aliphatic carbocycles. The lowest BCUT2D eigenvalue weighted by Crippen LogP contribution is -2.60. The van der Waals surface area contributed by atoms with Gasteiger partial charge in [0.15, 0.2) is 0 Å². The number of nitrogens with one attached hydrogen (secondary N) is 4. The van der Waals surface area contributed by atoms with Gasteiger partial charge in [-0.1, -0.05) is 93.6 Å². The molecule has 0 saturated carbocycles. The fourth-order valence-corrected chi connectivity index (χ4v) is 10.4. The van der Waals surface area contributed by atoms with Crippen LogP contribution in [-0.2, 0) is 52.7 Å². The van der Waals surface area contributed by atoms with E-state index < -0.39 is 63.8 Å². The number of fused-ring (bicyclic) bond motifs is 2. The third kappa shape index (κ3) is 13.2. The number of esters is 1. The highest BCUT2D eigenvalue weighted by Gasteiger charge is 2.45. The number of aryl methyl sites for hydroxylation is 2. The van der Waals surface area contributed by atoms with Crippen molar-refractivity contribution in [3.05, 3.63) is 106 Å². The van der Waals surface area contributed by atoms with E-state index in [2.05, 4.69) is 39.5 Å². The first-order chi connectivity index (χ1) is 32.0. The number of hydrogen-bond acceptors (Lipinski definition) is 10. The molecule has 14 nitrogen and oxygen atoms in total. The first-order valence-electron chi connectivity index (χ1n) is 24.0. The molecule has 3 unspecified atom stereocenters. The molecular weight excluding hydrogens is 881 g/mol. The minimum atomic E-state index is -1.24. The fraction of sp³-hybridized carbons (Fsp3) is 0.547. The van der Waals surface area contributed by atoms with Crippen molar-refractivity contribution in [1.29, 1.82) is 0 Å². The second kappa shape index (κ2) is 21.9. The molecule has 6 rings (SSSR count). The number of thioether (sulfide) groups is 1. The zero-order chi connectivity index (χ0) is 49.6. The largest absolute Gasteiger partial charge is 0.468 e. The van der Waals surface area contributed by atoms with Crippen molar-refractivity contribution in [3.63, 3.8) is 0 Å². The Morgan fingerprint density at radius 1 is 0.765 bits per heavy atom. The van der Waals surface area contributed by atoms with E-state index in [1.54, 1.807) is 39.5 Å². The fourth-order valence-electron chi connectivity index (χ4n) is 9.46. The van der Waals surface area contributed by atoms with E-state index in [0.29, 0.717) is 13.0 Å².